The number of hydrogen-bond acceptors (Lipinski definition) is 2. The van der Waals surface area contributed by atoms with Crippen LogP contribution in [0.2, 0.25) is 0 Å². The molecule has 2 N–H and O–H groups in total. The summed E-state index contributed by atoms with van der Waals surface area (Å²) in [6.07, 6.45) is 0. The van der Waals surface area contributed by atoms with Gasteiger partial charge in [0.05, 0.1) is 12.3 Å². The summed E-state index contributed by atoms with van der Waals surface area (Å²) in [4.78, 5) is 0. The van der Waals surface area contributed by atoms with Crippen LogP contribution in [0.25, 0.3) is 5.76 Å². The fourth-order valence-corrected chi connectivity index (χ4v) is 1.26. The molecule has 0 saturated carbocycles. The normalized spacial score (nSPS) is 9.93. The number of rotatable bonds is 3. The molecule has 0 atom stereocenters. The summed E-state index contributed by atoms with van der Waals surface area (Å²) in [5.74, 6) is 0.0374. The molecular formula is C11H14FNO. The van der Waals surface area contributed by atoms with Gasteiger partial charge in [-0.1, -0.05) is 6.58 Å². The zero-order valence-electron chi connectivity index (χ0n) is 8.43. The van der Waals surface area contributed by atoms with Crippen LogP contribution >= 0.6 is 0 Å². The average Bonchev–Trinajstić information content (AvgIpc) is 2.11. The van der Waals surface area contributed by atoms with Crippen LogP contribution in [0, 0.1) is 12.7 Å². The molecule has 0 aromatic heterocycles. The van der Waals surface area contributed by atoms with Gasteiger partial charge in [0, 0.05) is 5.56 Å². The Labute approximate surface area is 83.2 Å². The Morgan fingerprint density at radius 1 is 1.57 bits per heavy atom. The fraction of sp³-hybridized carbons (Fsp3) is 0.273. The Kier molecular flexibility index (Phi) is 3.12. The minimum Gasteiger partial charge on any atom is -0.494 e. The first-order valence-corrected chi connectivity index (χ1v) is 4.44. The topological polar surface area (TPSA) is 35.2 Å². The van der Waals surface area contributed by atoms with Gasteiger partial charge < -0.3 is 10.5 Å². The third-order valence-corrected chi connectivity index (χ3v) is 1.96. The predicted octanol–water partition coefficient (Wildman–Crippen LogP) is 2.72. The molecule has 0 amide bonds. The molecule has 0 saturated heterocycles. The summed E-state index contributed by atoms with van der Waals surface area (Å²) >= 11 is 0. The third-order valence-electron chi connectivity index (χ3n) is 1.96. The van der Waals surface area contributed by atoms with E-state index in [-0.39, 0.29) is 5.69 Å². The Morgan fingerprint density at radius 3 is 2.79 bits per heavy atom. The van der Waals surface area contributed by atoms with Crippen molar-refractivity contribution in [2.45, 2.75) is 13.8 Å². The van der Waals surface area contributed by atoms with E-state index in [2.05, 4.69) is 6.58 Å². The Morgan fingerprint density at radius 2 is 2.21 bits per heavy atom. The minimum absolute atomic E-state index is 0.149. The second-order valence-electron chi connectivity index (χ2n) is 3.04. The van der Waals surface area contributed by atoms with Gasteiger partial charge in [0.1, 0.15) is 11.6 Å². The molecule has 2 nitrogen and oxygen atoms in total. The first kappa shape index (κ1) is 10.6. The van der Waals surface area contributed by atoms with Gasteiger partial charge in [-0.25, -0.2) is 4.39 Å². The van der Waals surface area contributed by atoms with E-state index < -0.39 is 5.82 Å². The molecule has 0 radical (unpaired) electrons. The van der Waals surface area contributed by atoms with Crippen molar-refractivity contribution >= 4 is 11.4 Å². The van der Waals surface area contributed by atoms with E-state index in [1.54, 1.807) is 6.07 Å². The van der Waals surface area contributed by atoms with E-state index in [1.165, 1.54) is 6.07 Å². The number of aryl methyl sites for hydroxylation is 1. The first-order chi connectivity index (χ1) is 6.56. The predicted molar refractivity (Wildman–Crippen MR) is 56.2 cm³/mol. The number of hydrogen-bond donors (Lipinski definition) is 1. The van der Waals surface area contributed by atoms with E-state index in [4.69, 9.17) is 10.5 Å². The number of halogens is 1. The third kappa shape index (κ3) is 2.05. The summed E-state index contributed by atoms with van der Waals surface area (Å²) in [5.41, 5.74) is 7.10. The molecule has 1 aromatic rings. The summed E-state index contributed by atoms with van der Waals surface area (Å²) < 4.78 is 18.3. The van der Waals surface area contributed by atoms with Crippen LogP contribution in [0.4, 0.5) is 10.1 Å². The average molecular weight is 195 g/mol. The van der Waals surface area contributed by atoms with Gasteiger partial charge in [0.15, 0.2) is 0 Å². The maximum Gasteiger partial charge on any atom is 0.146 e. The van der Waals surface area contributed by atoms with E-state index in [1.807, 2.05) is 13.8 Å². The number of nitrogens with two attached hydrogens (primary N) is 1. The summed E-state index contributed by atoms with van der Waals surface area (Å²) in [6.45, 7) is 7.93. The summed E-state index contributed by atoms with van der Waals surface area (Å²) in [6, 6.07) is 2.93. The molecule has 0 bridgehead atoms. The SMILES string of the molecule is C=C(OCC)c1cc(F)c(N)cc1C. The van der Waals surface area contributed by atoms with E-state index in [0.717, 1.165) is 5.56 Å². The molecule has 3 heteroatoms. The minimum atomic E-state index is -0.438. The van der Waals surface area contributed by atoms with E-state index in [9.17, 15) is 4.39 Å². The number of benzene rings is 1. The highest BCUT2D eigenvalue weighted by molar-refractivity contribution is 5.64. The first-order valence-electron chi connectivity index (χ1n) is 4.44. The number of ether oxygens (including phenoxy) is 1. The maximum absolute atomic E-state index is 13.1. The van der Waals surface area contributed by atoms with E-state index >= 15 is 0 Å². The van der Waals surface area contributed by atoms with Gasteiger partial charge in [-0.05, 0) is 31.5 Å². The molecule has 1 rings (SSSR count). The standard InChI is InChI=1S/C11H14FNO/c1-4-14-8(3)9-6-10(12)11(13)5-7(9)2/h5-6H,3-4,13H2,1-2H3. The molecule has 0 unspecified atom stereocenters. The van der Waals surface area contributed by atoms with Crippen molar-refractivity contribution in [2.75, 3.05) is 12.3 Å². The molecule has 0 aliphatic rings. The van der Waals surface area contributed by atoms with Crippen molar-refractivity contribution in [3.05, 3.63) is 35.7 Å². The Hall–Kier alpha value is -1.51. The van der Waals surface area contributed by atoms with Crippen molar-refractivity contribution < 1.29 is 9.13 Å². The van der Waals surface area contributed by atoms with Crippen molar-refractivity contribution in [3.63, 3.8) is 0 Å². The molecule has 0 heterocycles. The highest BCUT2D eigenvalue weighted by Gasteiger charge is 2.08. The lowest BCUT2D eigenvalue weighted by atomic mass is 10.1. The van der Waals surface area contributed by atoms with Crippen LogP contribution in [0.5, 0.6) is 0 Å². The lowest BCUT2D eigenvalue weighted by Crippen LogP contribution is -1.98. The maximum atomic E-state index is 13.1. The van der Waals surface area contributed by atoms with Crippen molar-refractivity contribution in [1.82, 2.24) is 0 Å². The van der Waals surface area contributed by atoms with Crippen molar-refractivity contribution in [2.24, 2.45) is 0 Å². The highest BCUT2D eigenvalue weighted by Crippen LogP contribution is 2.23. The molecule has 0 fully saturated rings. The van der Waals surface area contributed by atoms with Crippen LogP contribution < -0.4 is 5.73 Å². The van der Waals surface area contributed by atoms with Gasteiger partial charge in [-0.2, -0.15) is 0 Å². The fourth-order valence-electron chi connectivity index (χ4n) is 1.26. The van der Waals surface area contributed by atoms with E-state index in [0.29, 0.717) is 17.9 Å². The van der Waals surface area contributed by atoms with Gasteiger partial charge in [0.2, 0.25) is 0 Å². The lowest BCUT2D eigenvalue weighted by Gasteiger charge is -2.10. The molecule has 76 valence electrons. The molecule has 0 aliphatic heterocycles. The second-order valence-corrected chi connectivity index (χ2v) is 3.04. The van der Waals surface area contributed by atoms with Crippen molar-refractivity contribution in [1.29, 1.82) is 0 Å². The largest absolute Gasteiger partial charge is 0.494 e. The van der Waals surface area contributed by atoms with Crippen molar-refractivity contribution in [3.8, 4) is 0 Å². The number of nitrogen functional groups attached to an aromatic ring is 1. The van der Waals surface area contributed by atoms with Crippen LogP contribution in [0.1, 0.15) is 18.1 Å². The zero-order chi connectivity index (χ0) is 10.7. The number of anilines is 1. The van der Waals surface area contributed by atoms with Gasteiger partial charge in [-0.15, -0.1) is 0 Å². The molecule has 14 heavy (non-hydrogen) atoms. The molecule has 0 spiro atoms. The van der Waals surface area contributed by atoms with Crippen LogP contribution in [0.15, 0.2) is 18.7 Å². The molecule has 0 aliphatic carbocycles. The van der Waals surface area contributed by atoms with Crippen LogP contribution in [0.3, 0.4) is 0 Å². The monoisotopic (exact) mass is 195 g/mol. The summed E-state index contributed by atoms with van der Waals surface area (Å²) in [5, 5.41) is 0. The Balaban J connectivity index is 3.09. The smallest absolute Gasteiger partial charge is 0.146 e. The highest BCUT2D eigenvalue weighted by atomic mass is 19.1. The lowest BCUT2D eigenvalue weighted by molar-refractivity contribution is 0.299. The van der Waals surface area contributed by atoms with Gasteiger partial charge >= 0.3 is 0 Å². The quantitative estimate of drug-likeness (QED) is 0.594. The van der Waals surface area contributed by atoms with Crippen LogP contribution in [-0.2, 0) is 4.74 Å². The van der Waals surface area contributed by atoms with Gasteiger partial charge in [-0.3, -0.25) is 0 Å². The summed E-state index contributed by atoms with van der Waals surface area (Å²) in [7, 11) is 0. The van der Waals surface area contributed by atoms with Crippen LogP contribution in [-0.4, -0.2) is 6.61 Å². The molecule has 1 aromatic carbocycles. The Bertz CT molecular complexity index is 361. The second kappa shape index (κ2) is 4.13. The van der Waals surface area contributed by atoms with Gasteiger partial charge in [0.25, 0.3) is 0 Å². The molecular weight excluding hydrogens is 181 g/mol. The zero-order valence-corrected chi connectivity index (χ0v) is 8.43.